The minimum absolute atomic E-state index is 0.319. The summed E-state index contributed by atoms with van der Waals surface area (Å²) in [5.74, 6) is -3.15. The Morgan fingerprint density at radius 2 is 2.28 bits per heavy atom. The lowest BCUT2D eigenvalue weighted by Gasteiger charge is -2.08. The van der Waals surface area contributed by atoms with Gasteiger partial charge in [0, 0.05) is 5.56 Å². The van der Waals surface area contributed by atoms with Gasteiger partial charge in [0.15, 0.2) is 0 Å². The number of nitrogens with zero attached hydrogens (tertiary/aromatic N) is 2. The molecule has 0 amide bonds. The van der Waals surface area contributed by atoms with Crippen LogP contribution in [0.25, 0.3) is 0 Å². The lowest BCUT2D eigenvalue weighted by atomic mass is 10.1. The Morgan fingerprint density at radius 3 is 2.72 bits per heavy atom. The molecule has 0 atom stereocenters. The molecule has 0 radical (unpaired) electrons. The Kier molecular flexibility index (Phi) is 4.08. The molecule has 0 aliphatic carbocycles. The van der Waals surface area contributed by atoms with E-state index in [-0.39, 0.29) is 5.56 Å². The number of nitro groups is 1. The summed E-state index contributed by atoms with van der Waals surface area (Å²) in [4.78, 5) is 23.5. The predicted octanol–water partition coefficient (Wildman–Crippen LogP) is 1.35. The number of aromatic hydroxyl groups is 1. The summed E-state index contributed by atoms with van der Waals surface area (Å²) < 4.78 is 29.7. The van der Waals surface area contributed by atoms with Gasteiger partial charge in [-0.25, -0.2) is 8.78 Å². The molecule has 0 saturated heterocycles. The summed E-state index contributed by atoms with van der Waals surface area (Å²) in [6.07, 6.45) is -2.99. The number of alkyl halides is 2. The van der Waals surface area contributed by atoms with Crippen LogP contribution < -0.4 is 0 Å². The fourth-order valence-electron chi connectivity index (χ4n) is 1.29. The number of halogens is 2. The van der Waals surface area contributed by atoms with Crippen LogP contribution in [0.5, 0.6) is 5.75 Å². The molecule has 0 aromatic carbocycles. The molecule has 1 aromatic rings. The monoisotopic (exact) mass is 262 g/mol. The average molecular weight is 262 g/mol. The summed E-state index contributed by atoms with van der Waals surface area (Å²) in [5.41, 5.74) is -1.30. The van der Waals surface area contributed by atoms with Crippen LogP contribution in [-0.2, 0) is 16.0 Å². The quantitative estimate of drug-likeness (QED) is 0.499. The maximum absolute atomic E-state index is 12.7. The number of rotatable bonds is 4. The molecule has 0 bridgehead atoms. The highest BCUT2D eigenvalue weighted by Gasteiger charge is 2.29. The molecule has 1 heterocycles. The number of ether oxygens (including phenoxy) is 1. The molecule has 9 heteroatoms. The van der Waals surface area contributed by atoms with E-state index in [9.17, 15) is 28.8 Å². The molecular weight excluding hydrogens is 254 g/mol. The van der Waals surface area contributed by atoms with Gasteiger partial charge in [-0.05, 0) is 9.91 Å². The molecule has 0 spiro atoms. The minimum Gasteiger partial charge on any atom is -0.501 e. The smallest absolute Gasteiger partial charge is 0.406 e. The van der Waals surface area contributed by atoms with Crippen molar-refractivity contribution < 1.29 is 28.3 Å². The van der Waals surface area contributed by atoms with E-state index in [4.69, 9.17) is 0 Å². The maximum atomic E-state index is 12.7. The molecule has 1 N–H and O–H groups in total. The Hall–Kier alpha value is -2.32. The van der Waals surface area contributed by atoms with Gasteiger partial charge < -0.3 is 20.0 Å². The SMILES string of the molecule is COC(=O)Cc1cnc([N+](=O)[O-])c(O)c1C(F)F. The summed E-state index contributed by atoms with van der Waals surface area (Å²) in [6, 6.07) is 0. The zero-order valence-electron chi connectivity index (χ0n) is 9.09. The molecule has 7 nitrogen and oxygen atoms in total. The third kappa shape index (κ3) is 2.67. The van der Waals surface area contributed by atoms with Crippen LogP contribution in [0.2, 0.25) is 0 Å². The Morgan fingerprint density at radius 1 is 1.67 bits per heavy atom. The largest absolute Gasteiger partial charge is 0.501 e. The van der Waals surface area contributed by atoms with Crippen molar-refractivity contribution in [1.82, 2.24) is 4.98 Å². The first-order chi connectivity index (χ1) is 8.38. The second kappa shape index (κ2) is 5.34. The van der Waals surface area contributed by atoms with E-state index >= 15 is 0 Å². The fourth-order valence-corrected chi connectivity index (χ4v) is 1.29. The Labute approximate surface area is 99.2 Å². The Balaban J connectivity index is 3.32. The zero-order chi connectivity index (χ0) is 13.9. The fraction of sp³-hybridized carbons (Fsp3) is 0.333. The third-order valence-electron chi connectivity index (χ3n) is 2.11. The van der Waals surface area contributed by atoms with Gasteiger partial charge in [-0.1, -0.05) is 0 Å². The van der Waals surface area contributed by atoms with Crippen LogP contribution in [0.3, 0.4) is 0 Å². The van der Waals surface area contributed by atoms with Gasteiger partial charge in [-0.15, -0.1) is 0 Å². The predicted molar refractivity (Wildman–Crippen MR) is 53.2 cm³/mol. The lowest BCUT2D eigenvalue weighted by molar-refractivity contribution is -0.390. The maximum Gasteiger partial charge on any atom is 0.406 e. The van der Waals surface area contributed by atoms with E-state index < -0.39 is 40.9 Å². The van der Waals surface area contributed by atoms with Crippen LogP contribution in [0.1, 0.15) is 17.6 Å². The molecule has 0 unspecified atom stereocenters. The molecule has 0 fully saturated rings. The Bertz CT molecular complexity index is 492. The van der Waals surface area contributed by atoms with Gasteiger partial charge >= 0.3 is 11.8 Å². The molecule has 0 aliphatic rings. The highest BCUT2D eigenvalue weighted by molar-refractivity contribution is 5.73. The average Bonchev–Trinajstić information content (AvgIpc) is 2.27. The molecule has 0 aliphatic heterocycles. The molecule has 18 heavy (non-hydrogen) atoms. The summed E-state index contributed by atoms with van der Waals surface area (Å²) in [6.45, 7) is 0. The van der Waals surface area contributed by atoms with Crippen molar-refractivity contribution in [2.45, 2.75) is 12.8 Å². The number of esters is 1. The van der Waals surface area contributed by atoms with Crippen molar-refractivity contribution in [1.29, 1.82) is 0 Å². The second-order valence-electron chi connectivity index (χ2n) is 3.18. The van der Waals surface area contributed by atoms with Crippen LogP contribution in [0, 0.1) is 10.1 Å². The standard InChI is InChI=1S/C9H8F2N2O5/c1-18-5(14)2-4-3-12-9(13(16)17)7(15)6(4)8(10)11/h3,8,15H,2H2,1H3. The van der Waals surface area contributed by atoms with Gasteiger partial charge in [0.2, 0.25) is 5.75 Å². The molecule has 1 aromatic heterocycles. The zero-order valence-corrected chi connectivity index (χ0v) is 9.09. The molecule has 1 rings (SSSR count). The van der Waals surface area contributed by atoms with Crippen LogP contribution in [0.15, 0.2) is 6.20 Å². The number of hydrogen-bond acceptors (Lipinski definition) is 6. The summed E-state index contributed by atoms with van der Waals surface area (Å²) >= 11 is 0. The van der Waals surface area contributed by atoms with E-state index in [2.05, 4.69) is 9.72 Å². The van der Waals surface area contributed by atoms with Crippen LogP contribution in [-0.4, -0.2) is 28.1 Å². The van der Waals surface area contributed by atoms with Crippen molar-refractivity contribution in [2.75, 3.05) is 7.11 Å². The van der Waals surface area contributed by atoms with E-state index in [0.29, 0.717) is 0 Å². The van der Waals surface area contributed by atoms with Crippen molar-refractivity contribution in [3.8, 4) is 5.75 Å². The van der Waals surface area contributed by atoms with Crippen LogP contribution >= 0.6 is 0 Å². The first-order valence-corrected chi connectivity index (χ1v) is 4.58. The van der Waals surface area contributed by atoms with Crippen molar-refractivity contribution >= 4 is 11.8 Å². The number of hydrogen-bond donors (Lipinski definition) is 1. The van der Waals surface area contributed by atoms with Crippen LogP contribution in [0.4, 0.5) is 14.6 Å². The summed E-state index contributed by atoms with van der Waals surface area (Å²) in [5, 5.41) is 19.8. The number of carbonyl (C=O) groups is 1. The van der Waals surface area contributed by atoms with Gasteiger partial charge in [0.05, 0.1) is 19.1 Å². The van der Waals surface area contributed by atoms with E-state index in [0.717, 1.165) is 13.3 Å². The van der Waals surface area contributed by atoms with Crippen molar-refractivity contribution in [2.24, 2.45) is 0 Å². The molecule has 0 saturated carbocycles. The lowest BCUT2D eigenvalue weighted by Crippen LogP contribution is -2.09. The van der Waals surface area contributed by atoms with Gasteiger partial charge in [0.1, 0.15) is 6.20 Å². The van der Waals surface area contributed by atoms with Gasteiger partial charge in [-0.3, -0.25) is 4.79 Å². The molecule has 98 valence electrons. The minimum atomic E-state index is -3.17. The van der Waals surface area contributed by atoms with Crippen molar-refractivity contribution in [3.63, 3.8) is 0 Å². The first-order valence-electron chi connectivity index (χ1n) is 4.58. The van der Waals surface area contributed by atoms with Crippen molar-refractivity contribution in [3.05, 3.63) is 27.4 Å². The summed E-state index contributed by atoms with van der Waals surface area (Å²) in [7, 11) is 1.06. The first kappa shape index (κ1) is 13.7. The van der Waals surface area contributed by atoms with E-state index in [1.165, 1.54) is 0 Å². The third-order valence-corrected chi connectivity index (χ3v) is 2.11. The number of pyridine rings is 1. The number of methoxy groups -OCH3 is 1. The number of carbonyl (C=O) groups excluding carboxylic acids is 1. The topological polar surface area (TPSA) is 103 Å². The highest BCUT2D eigenvalue weighted by atomic mass is 19.3. The highest BCUT2D eigenvalue weighted by Crippen LogP contribution is 2.36. The second-order valence-corrected chi connectivity index (χ2v) is 3.18. The number of aromatic nitrogens is 1. The van der Waals surface area contributed by atoms with Gasteiger partial charge in [-0.2, -0.15) is 0 Å². The van der Waals surface area contributed by atoms with E-state index in [1.54, 1.807) is 0 Å². The van der Waals surface area contributed by atoms with Gasteiger partial charge in [0.25, 0.3) is 6.43 Å². The molecular formula is C9H8F2N2O5. The normalized spacial score (nSPS) is 10.4. The van der Waals surface area contributed by atoms with E-state index in [1.807, 2.05) is 0 Å².